The van der Waals surface area contributed by atoms with Crippen LogP contribution >= 0.6 is 0 Å². The molecular weight excluding hydrogens is 1080 g/mol. The van der Waals surface area contributed by atoms with E-state index in [9.17, 15) is 40.5 Å². The van der Waals surface area contributed by atoms with E-state index in [0.717, 1.165) is 96.3 Å². The van der Waals surface area contributed by atoms with Crippen molar-refractivity contribution in [1.82, 2.24) is 0 Å². The fourth-order valence-corrected chi connectivity index (χ4v) is 10.2. The molecule has 2 aliphatic heterocycles. The molecule has 14 nitrogen and oxygen atoms in total. The summed E-state index contributed by atoms with van der Waals surface area (Å²) in [4.78, 5) is 13.1. The summed E-state index contributed by atoms with van der Waals surface area (Å²) in [7, 11) is 0. The van der Waals surface area contributed by atoms with Gasteiger partial charge in [0.2, 0.25) is 0 Å². The molecule has 2 aliphatic rings. The van der Waals surface area contributed by atoms with Gasteiger partial charge in [0.25, 0.3) is 0 Å². The Morgan fingerprint density at radius 3 is 1.21 bits per heavy atom. The number of allylic oxidation sites excluding steroid dienone is 16. The highest BCUT2D eigenvalue weighted by Gasteiger charge is 2.47. The fraction of sp³-hybridized carbons (Fsp3) is 0.761. The standard InChI is InChI=1S/C71H122O14/c1-3-5-7-9-11-13-15-17-19-21-23-25-27-29-31-33-35-37-39-41-43-45-47-49-51-53-55-80-57-60(58-81-70-69(79)67(77)65(75)62(85-70)59-82-71-68(78)66(76)64(74)61(56-72)84-71)83-63(73)54-52-50-48-46-44-42-40-38-36-34-32-30-28-26-24-22-20-18-16-14-12-10-8-6-4-2/h5,7,11,13,17,19,22-25,29,31,35,37,41,43,60-62,64-72,74-79H,3-4,6,8-10,12,14-16,18,20-21,26-28,30,32-34,36,38-40,42,44-59H2,1-2H3/b7-5-,13-11-,19-17-,24-22-,25-23-,31-29-,37-35-,43-41-. The smallest absolute Gasteiger partial charge is 0.306 e. The van der Waals surface area contributed by atoms with Crippen LogP contribution in [0.2, 0.25) is 0 Å². The van der Waals surface area contributed by atoms with Crippen molar-refractivity contribution < 1.29 is 69.0 Å². The van der Waals surface area contributed by atoms with Gasteiger partial charge in [-0.15, -0.1) is 0 Å². The SMILES string of the molecule is CC/C=C\C/C=C\C/C=C\C/C=C\C/C=C\C/C=C\C/C=C\CCCCCCOCC(COC1OC(COC2OC(CO)C(O)C(O)C2O)C(O)C(O)C1O)OC(=O)CCCCCCCCCCCCCCC/C=C\CCCCCCCCCC. The average Bonchev–Trinajstić information content (AvgIpc) is 2.82. The van der Waals surface area contributed by atoms with Crippen LogP contribution in [0.1, 0.15) is 245 Å². The van der Waals surface area contributed by atoms with Crippen LogP contribution < -0.4 is 0 Å². The average molecular weight is 1200 g/mol. The number of carbonyl (C=O) groups is 1. The summed E-state index contributed by atoms with van der Waals surface area (Å²) in [5, 5.41) is 72.6. The van der Waals surface area contributed by atoms with E-state index < -0.39 is 80.7 Å². The predicted molar refractivity (Wildman–Crippen MR) is 344 cm³/mol. The molecule has 11 atom stereocenters. The Labute approximate surface area is 515 Å². The van der Waals surface area contributed by atoms with Gasteiger partial charge in [-0.25, -0.2) is 0 Å². The number of aliphatic hydroxyl groups excluding tert-OH is 7. The number of rotatable bonds is 55. The fourth-order valence-electron chi connectivity index (χ4n) is 10.2. The molecule has 2 saturated heterocycles. The summed E-state index contributed by atoms with van der Waals surface area (Å²) in [6, 6.07) is 0. The third-order valence-corrected chi connectivity index (χ3v) is 15.6. The van der Waals surface area contributed by atoms with Crippen molar-refractivity contribution in [1.29, 1.82) is 0 Å². The summed E-state index contributed by atoms with van der Waals surface area (Å²) < 4.78 is 34.5. The van der Waals surface area contributed by atoms with Crippen LogP contribution in [0.25, 0.3) is 0 Å². The molecule has 2 rings (SSSR count). The van der Waals surface area contributed by atoms with E-state index in [4.69, 9.17) is 28.4 Å². The Kier molecular flexibility index (Phi) is 51.5. The minimum atomic E-state index is -1.72. The van der Waals surface area contributed by atoms with Crippen LogP contribution in [0, 0.1) is 0 Å². The highest BCUT2D eigenvalue weighted by Crippen LogP contribution is 2.27. The van der Waals surface area contributed by atoms with Gasteiger partial charge in [-0.1, -0.05) is 239 Å². The van der Waals surface area contributed by atoms with Crippen LogP contribution in [0.3, 0.4) is 0 Å². The van der Waals surface area contributed by atoms with Crippen molar-refractivity contribution in [2.75, 3.05) is 33.0 Å². The molecule has 14 heteroatoms. The zero-order valence-electron chi connectivity index (χ0n) is 53.1. The maximum Gasteiger partial charge on any atom is 0.306 e. The summed E-state index contributed by atoms with van der Waals surface area (Å²) in [5.41, 5.74) is 0. The second kappa shape index (κ2) is 56.2. The quantitative estimate of drug-likeness (QED) is 0.0171. The Morgan fingerprint density at radius 2 is 0.765 bits per heavy atom. The third kappa shape index (κ3) is 41.7. The Hall–Kier alpha value is -3.09. The predicted octanol–water partition coefficient (Wildman–Crippen LogP) is 14.1. The molecule has 11 unspecified atom stereocenters. The Morgan fingerprint density at radius 1 is 0.400 bits per heavy atom. The first kappa shape index (κ1) is 78.0. The molecule has 7 N–H and O–H groups in total. The molecule has 0 aromatic rings. The lowest BCUT2D eigenvalue weighted by Crippen LogP contribution is -2.61. The first-order valence-electron chi connectivity index (χ1n) is 33.8. The van der Waals surface area contributed by atoms with Gasteiger partial charge in [-0.2, -0.15) is 0 Å². The number of esters is 1. The monoisotopic (exact) mass is 1200 g/mol. The van der Waals surface area contributed by atoms with E-state index in [1.54, 1.807) is 0 Å². The van der Waals surface area contributed by atoms with Gasteiger partial charge in [-0.05, 0) is 96.3 Å². The van der Waals surface area contributed by atoms with Crippen molar-refractivity contribution in [2.24, 2.45) is 0 Å². The molecule has 0 radical (unpaired) electrons. The van der Waals surface area contributed by atoms with Crippen molar-refractivity contribution in [2.45, 2.75) is 313 Å². The maximum absolute atomic E-state index is 13.1. The number of hydrogen-bond donors (Lipinski definition) is 7. The van der Waals surface area contributed by atoms with Crippen LogP contribution in [0.5, 0.6) is 0 Å². The van der Waals surface area contributed by atoms with Gasteiger partial charge in [0.1, 0.15) is 54.9 Å². The van der Waals surface area contributed by atoms with Gasteiger partial charge < -0.3 is 64.2 Å². The number of ether oxygens (including phenoxy) is 6. The minimum absolute atomic E-state index is 0.0395. The van der Waals surface area contributed by atoms with E-state index in [1.165, 1.54) is 122 Å². The first-order chi connectivity index (χ1) is 41.6. The molecule has 2 fully saturated rings. The van der Waals surface area contributed by atoms with Gasteiger partial charge in [0, 0.05) is 13.0 Å². The molecule has 85 heavy (non-hydrogen) atoms. The number of unbranched alkanes of at least 4 members (excludes halogenated alkanes) is 25. The number of carbonyl (C=O) groups excluding carboxylic acids is 1. The summed E-state index contributed by atoms with van der Waals surface area (Å²) in [6.07, 6.45) is 60.5. The Balaban J connectivity index is 1.68. The first-order valence-corrected chi connectivity index (χ1v) is 33.8. The molecule has 0 saturated carbocycles. The highest BCUT2D eigenvalue weighted by atomic mass is 16.7. The molecule has 0 amide bonds. The van der Waals surface area contributed by atoms with Gasteiger partial charge in [0.15, 0.2) is 12.6 Å². The second-order valence-corrected chi connectivity index (χ2v) is 23.3. The topological polar surface area (TPSA) is 214 Å². The van der Waals surface area contributed by atoms with Crippen molar-refractivity contribution in [3.63, 3.8) is 0 Å². The van der Waals surface area contributed by atoms with E-state index in [2.05, 4.69) is 111 Å². The number of aliphatic hydroxyl groups is 7. The molecular formula is C71H122O14. The van der Waals surface area contributed by atoms with Crippen molar-refractivity contribution >= 4 is 5.97 Å². The summed E-state index contributed by atoms with van der Waals surface area (Å²) in [6.45, 7) is 3.53. The van der Waals surface area contributed by atoms with E-state index >= 15 is 0 Å². The molecule has 490 valence electrons. The second-order valence-electron chi connectivity index (χ2n) is 23.3. The van der Waals surface area contributed by atoms with E-state index in [0.29, 0.717) is 13.0 Å². The molecule has 0 aromatic carbocycles. The van der Waals surface area contributed by atoms with Gasteiger partial charge in [-0.3, -0.25) is 4.79 Å². The van der Waals surface area contributed by atoms with Gasteiger partial charge >= 0.3 is 5.97 Å². The zero-order valence-corrected chi connectivity index (χ0v) is 53.1. The lowest BCUT2D eigenvalue weighted by molar-refractivity contribution is -0.332. The highest BCUT2D eigenvalue weighted by molar-refractivity contribution is 5.69. The lowest BCUT2D eigenvalue weighted by atomic mass is 9.98. The van der Waals surface area contributed by atoms with Crippen molar-refractivity contribution in [3.8, 4) is 0 Å². The van der Waals surface area contributed by atoms with Crippen LogP contribution in [-0.4, -0.2) is 142 Å². The normalized spacial score (nSPS) is 23.8. The van der Waals surface area contributed by atoms with Crippen LogP contribution in [-0.2, 0) is 33.2 Å². The number of hydrogen-bond acceptors (Lipinski definition) is 14. The largest absolute Gasteiger partial charge is 0.457 e. The zero-order chi connectivity index (χ0) is 61.5. The third-order valence-electron chi connectivity index (χ3n) is 15.6. The molecule has 0 aliphatic carbocycles. The molecule has 0 aromatic heterocycles. The van der Waals surface area contributed by atoms with Crippen LogP contribution in [0.15, 0.2) is 97.2 Å². The molecule has 0 spiro atoms. The molecule has 2 heterocycles. The minimum Gasteiger partial charge on any atom is -0.457 e. The maximum atomic E-state index is 13.1. The summed E-state index contributed by atoms with van der Waals surface area (Å²) >= 11 is 0. The summed E-state index contributed by atoms with van der Waals surface area (Å²) in [5.74, 6) is -0.386. The Bertz CT molecular complexity index is 1780. The van der Waals surface area contributed by atoms with E-state index in [-0.39, 0.29) is 25.6 Å². The molecule has 0 bridgehead atoms. The van der Waals surface area contributed by atoms with Crippen LogP contribution in [0.4, 0.5) is 0 Å². The van der Waals surface area contributed by atoms with Gasteiger partial charge in [0.05, 0.1) is 26.4 Å². The van der Waals surface area contributed by atoms with E-state index in [1.807, 2.05) is 0 Å². The lowest BCUT2D eigenvalue weighted by Gasteiger charge is -2.42. The van der Waals surface area contributed by atoms with Crippen molar-refractivity contribution in [3.05, 3.63) is 97.2 Å².